The molecule has 5 rings (SSSR count). The molecule has 5 nitrogen and oxygen atoms in total. The van der Waals surface area contributed by atoms with Crippen LogP contribution in [0.2, 0.25) is 0 Å². The van der Waals surface area contributed by atoms with Gasteiger partial charge in [0, 0.05) is 12.6 Å². The molecule has 2 aliphatic heterocycles. The second kappa shape index (κ2) is 7.07. The van der Waals surface area contributed by atoms with Gasteiger partial charge >= 0.3 is 0 Å². The highest BCUT2D eigenvalue weighted by molar-refractivity contribution is 7.57. The zero-order valence-corrected chi connectivity index (χ0v) is 17.9. The number of hydrogen-bond acceptors (Lipinski definition) is 4. The van der Waals surface area contributed by atoms with Crippen molar-refractivity contribution in [3.8, 4) is 17.2 Å². The van der Waals surface area contributed by atoms with Crippen molar-refractivity contribution in [3.05, 3.63) is 41.5 Å². The van der Waals surface area contributed by atoms with E-state index >= 15 is 0 Å². The minimum absolute atomic E-state index is 0.295. The fraction of sp³-hybridized carbons (Fsp3) is 0.348. The molecule has 2 heterocycles. The monoisotopic (exact) mass is 409 g/mol. The van der Waals surface area contributed by atoms with Gasteiger partial charge in [0.25, 0.3) is 0 Å². The van der Waals surface area contributed by atoms with Gasteiger partial charge in [-0.25, -0.2) is 0 Å². The Balaban J connectivity index is 1.85. The van der Waals surface area contributed by atoms with E-state index in [0.717, 1.165) is 47.0 Å². The van der Waals surface area contributed by atoms with E-state index in [1.165, 1.54) is 21.9 Å². The van der Waals surface area contributed by atoms with Crippen LogP contribution in [-0.4, -0.2) is 44.1 Å². The number of amides is 1. The van der Waals surface area contributed by atoms with Crippen molar-refractivity contribution in [1.82, 2.24) is 4.90 Å². The number of ether oxygens (including phenoxy) is 3. The van der Waals surface area contributed by atoms with Gasteiger partial charge in [-0.1, -0.05) is 6.07 Å². The molecular formula is C23H24NO4P. The average Bonchev–Trinajstić information content (AvgIpc) is 2.77. The average molecular weight is 409 g/mol. The molecule has 3 aromatic carbocycles. The Kier molecular flexibility index (Phi) is 4.51. The molecule has 0 aromatic heterocycles. The first-order valence-electron chi connectivity index (χ1n) is 9.86. The first kappa shape index (κ1) is 18.5. The van der Waals surface area contributed by atoms with Gasteiger partial charge in [0.05, 0.1) is 21.3 Å². The van der Waals surface area contributed by atoms with Crippen LogP contribution in [0, 0.1) is 0 Å². The van der Waals surface area contributed by atoms with Gasteiger partial charge in [-0.15, -0.1) is 0 Å². The Hall–Kier alpha value is -2.52. The zero-order chi connectivity index (χ0) is 20.1. The topological polar surface area (TPSA) is 48.0 Å². The standard InChI is InChI=1S/C23H24NO4P/c1-26-14-4-5-15-17(9-14)19-11-22(28-3)21(27-2)10-18(19)16-8-13-6-7-29-23(25)24(13)12-20(15)16/h4-5,9-11,13,29H,6-8,12H2,1-3H3. The van der Waals surface area contributed by atoms with Crippen molar-refractivity contribution in [1.29, 1.82) is 0 Å². The number of nitrogens with zero attached hydrogens (tertiary/aromatic N) is 1. The summed E-state index contributed by atoms with van der Waals surface area (Å²) in [5, 5.41) is 4.61. The Morgan fingerprint density at radius 2 is 1.62 bits per heavy atom. The van der Waals surface area contributed by atoms with Gasteiger partial charge in [-0.05, 0) is 84.5 Å². The first-order chi connectivity index (χ1) is 14.1. The van der Waals surface area contributed by atoms with E-state index in [2.05, 4.69) is 29.2 Å². The van der Waals surface area contributed by atoms with Crippen LogP contribution in [0.3, 0.4) is 0 Å². The summed E-state index contributed by atoms with van der Waals surface area (Å²) in [4.78, 5) is 14.7. The molecule has 0 saturated carbocycles. The number of carbonyl (C=O) groups is 1. The number of fused-ring (bicyclic) bond motifs is 7. The maximum absolute atomic E-state index is 12.6. The molecule has 2 unspecified atom stereocenters. The van der Waals surface area contributed by atoms with Crippen molar-refractivity contribution in [2.45, 2.75) is 25.4 Å². The van der Waals surface area contributed by atoms with Crippen LogP contribution < -0.4 is 14.2 Å². The molecule has 6 heteroatoms. The fourth-order valence-corrected chi connectivity index (χ4v) is 5.97. The Bertz CT molecular complexity index is 1140. The lowest BCUT2D eigenvalue weighted by atomic mass is 9.84. The minimum atomic E-state index is 0.295. The zero-order valence-electron chi connectivity index (χ0n) is 16.9. The van der Waals surface area contributed by atoms with E-state index in [0.29, 0.717) is 26.8 Å². The molecule has 3 aromatic rings. The third-order valence-electron chi connectivity index (χ3n) is 6.28. The third kappa shape index (κ3) is 2.83. The summed E-state index contributed by atoms with van der Waals surface area (Å²) in [6, 6.07) is 10.7. The second-order valence-corrected chi connectivity index (χ2v) is 8.91. The van der Waals surface area contributed by atoms with Gasteiger partial charge in [0.1, 0.15) is 5.75 Å². The van der Waals surface area contributed by atoms with E-state index < -0.39 is 0 Å². The van der Waals surface area contributed by atoms with Crippen molar-refractivity contribution in [3.63, 3.8) is 0 Å². The predicted molar refractivity (Wildman–Crippen MR) is 117 cm³/mol. The highest BCUT2D eigenvalue weighted by Crippen LogP contribution is 2.45. The van der Waals surface area contributed by atoms with Crippen molar-refractivity contribution in [2.24, 2.45) is 0 Å². The van der Waals surface area contributed by atoms with Gasteiger partial charge < -0.3 is 19.1 Å². The van der Waals surface area contributed by atoms with Crippen LogP contribution in [0.15, 0.2) is 30.3 Å². The Labute approximate surface area is 171 Å². The van der Waals surface area contributed by atoms with E-state index in [1.807, 2.05) is 6.07 Å². The molecule has 0 spiro atoms. The quantitative estimate of drug-likeness (QED) is 0.454. The lowest BCUT2D eigenvalue weighted by Gasteiger charge is -2.41. The summed E-state index contributed by atoms with van der Waals surface area (Å²) in [6.45, 7) is 0.680. The van der Waals surface area contributed by atoms with Crippen molar-refractivity contribution < 1.29 is 19.0 Å². The number of benzene rings is 3. The fourth-order valence-electron chi connectivity index (χ4n) is 4.81. The Morgan fingerprint density at radius 1 is 0.897 bits per heavy atom. The summed E-state index contributed by atoms with van der Waals surface area (Å²) in [5.74, 6) is 2.27. The smallest absolute Gasteiger partial charge is 0.241 e. The molecular weight excluding hydrogens is 385 g/mol. The second-order valence-electron chi connectivity index (χ2n) is 7.63. The molecule has 1 fully saturated rings. The molecule has 1 amide bonds. The SMILES string of the molecule is COc1ccc2c3c(c4cc(OC)c(OC)cc4c2c1)CC1CCPC(=O)N1C3. The molecule has 2 aliphatic rings. The number of rotatable bonds is 3. The summed E-state index contributed by atoms with van der Waals surface area (Å²) < 4.78 is 16.7. The van der Waals surface area contributed by atoms with E-state index in [4.69, 9.17) is 14.2 Å². The molecule has 0 bridgehead atoms. The Morgan fingerprint density at radius 3 is 2.34 bits per heavy atom. The van der Waals surface area contributed by atoms with Gasteiger partial charge in [-0.3, -0.25) is 4.79 Å². The summed E-state index contributed by atoms with van der Waals surface area (Å²) >= 11 is 0. The summed E-state index contributed by atoms with van der Waals surface area (Å²) in [5.41, 5.74) is 2.89. The van der Waals surface area contributed by atoms with Crippen LogP contribution in [0.25, 0.3) is 21.5 Å². The molecule has 2 atom stereocenters. The lowest BCUT2D eigenvalue weighted by molar-refractivity contribution is 0.181. The highest BCUT2D eigenvalue weighted by Gasteiger charge is 2.34. The first-order valence-corrected chi connectivity index (χ1v) is 11.1. The van der Waals surface area contributed by atoms with Crippen LogP contribution >= 0.6 is 8.58 Å². The third-order valence-corrected chi connectivity index (χ3v) is 7.41. The van der Waals surface area contributed by atoms with E-state index in [9.17, 15) is 4.79 Å². The van der Waals surface area contributed by atoms with Crippen LogP contribution in [0.5, 0.6) is 17.2 Å². The van der Waals surface area contributed by atoms with Crippen molar-refractivity contribution >= 4 is 35.8 Å². The van der Waals surface area contributed by atoms with E-state index in [-0.39, 0.29) is 0 Å². The molecule has 29 heavy (non-hydrogen) atoms. The summed E-state index contributed by atoms with van der Waals surface area (Å²) in [7, 11) is 5.42. The lowest BCUT2D eigenvalue weighted by Crippen LogP contribution is -2.45. The summed E-state index contributed by atoms with van der Waals surface area (Å²) in [6.07, 6.45) is 2.98. The van der Waals surface area contributed by atoms with Crippen LogP contribution in [-0.2, 0) is 13.0 Å². The molecule has 1 saturated heterocycles. The van der Waals surface area contributed by atoms with Gasteiger partial charge in [0.15, 0.2) is 11.5 Å². The maximum atomic E-state index is 12.6. The highest BCUT2D eigenvalue weighted by atomic mass is 31.1. The van der Waals surface area contributed by atoms with Crippen LogP contribution in [0.4, 0.5) is 4.79 Å². The molecule has 0 aliphatic carbocycles. The number of hydrogen-bond donors (Lipinski definition) is 0. The van der Waals surface area contributed by atoms with Crippen molar-refractivity contribution in [2.75, 3.05) is 27.5 Å². The van der Waals surface area contributed by atoms with Gasteiger partial charge in [-0.2, -0.15) is 0 Å². The molecule has 0 N–H and O–H groups in total. The maximum Gasteiger partial charge on any atom is 0.241 e. The van der Waals surface area contributed by atoms with Crippen LogP contribution in [0.1, 0.15) is 17.5 Å². The van der Waals surface area contributed by atoms with Gasteiger partial charge in [0.2, 0.25) is 5.65 Å². The normalized spacial score (nSPS) is 19.3. The molecule has 150 valence electrons. The number of carbonyl (C=O) groups excluding carboxylic acids is 1. The largest absolute Gasteiger partial charge is 0.497 e. The predicted octanol–water partition coefficient (Wildman–Crippen LogP) is 4.95. The minimum Gasteiger partial charge on any atom is -0.497 e. The van der Waals surface area contributed by atoms with E-state index in [1.54, 1.807) is 21.3 Å². The number of methoxy groups -OCH3 is 3. The molecule has 0 radical (unpaired) electrons.